The first-order chi connectivity index (χ1) is 6.74. The van der Waals surface area contributed by atoms with Crippen LogP contribution in [0.5, 0.6) is 5.75 Å². The van der Waals surface area contributed by atoms with Crippen molar-refractivity contribution in [1.82, 2.24) is 0 Å². The molecule has 0 spiro atoms. The van der Waals surface area contributed by atoms with E-state index < -0.39 is 7.27 Å². The van der Waals surface area contributed by atoms with Crippen molar-refractivity contribution in [2.24, 2.45) is 0 Å². The first kappa shape index (κ1) is 11.0. The molecule has 0 aliphatic carbocycles. The molecule has 14 heavy (non-hydrogen) atoms. The lowest BCUT2D eigenvalue weighted by Gasteiger charge is -2.05. The normalized spacial score (nSPS) is 9.93. The van der Waals surface area contributed by atoms with Gasteiger partial charge in [-0.05, 0) is 17.6 Å². The van der Waals surface area contributed by atoms with Gasteiger partial charge in [0.1, 0.15) is 12.4 Å². The third-order valence-corrected chi connectivity index (χ3v) is 1.69. The molecule has 76 valence electrons. The van der Waals surface area contributed by atoms with E-state index in [1.54, 1.807) is 7.11 Å². The monoisotopic (exact) mass is 200 g/mol. The summed E-state index contributed by atoms with van der Waals surface area (Å²) in [5, 5.41) is 0. The Morgan fingerprint density at radius 3 is 2.29 bits per heavy atom. The van der Waals surface area contributed by atoms with Gasteiger partial charge in [0.15, 0.2) is 0 Å². The van der Waals surface area contributed by atoms with Crippen LogP contribution in [-0.2, 0) is 4.74 Å². The molecule has 1 rings (SSSR count). The topological polar surface area (TPSA) is 18.5 Å². The van der Waals surface area contributed by atoms with Crippen LogP contribution in [0, 0.1) is 0 Å². The molecule has 0 bridgehead atoms. The van der Waals surface area contributed by atoms with Crippen molar-refractivity contribution < 1.29 is 18.1 Å². The van der Waals surface area contributed by atoms with Gasteiger partial charge in [0.2, 0.25) is 0 Å². The second-order valence-electron chi connectivity index (χ2n) is 2.71. The van der Waals surface area contributed by atoms with Crippen LogP contribution >= 0.6 is 0 Å². The van der Waals surface area contributed by atoms with Crippen molar-refractivity contribution in [1.29, 1.82) is 0 Å². The van der Waals surface area contributed by atoms with Crippen LogP contribution in [0.1, 0.15) is 0 Å². The Morgan fingerprint density at radius 1 is 1.14 bits per heavy atom. The van der Waals surface area contributed by atoms with Crippen LogP contribution in [0.15, 0.2) is 24.3 Å². The highest BCUT2D eigenvalue weighted by Gasteiger charge is 2.14. The minimum Gasteiger partial charge on any atom is -0.491 e. The molecule has 1 aromatic carbocycles. The Balaban J connectivity index is 2.47. The fraction of sp³-hybridized carbons (Fsp3) is 0.333. The summed E-state index contributed by atoms with van der Waals surface area (Å²) in [5.41, 5.74) is 0.00379. The van der Waals surface area contributed by atoms with E-state index in [1.807, 2.05) is 0 Å². The Hall–Kier alpha value is -1.10. The second-order valence-corrected chi connectivity index (χ2v) is 2.71. The van der Waals surface area contributed by atoms with E-state index in [9.17, 15) is 8.63 Å². The van der Waals surface area contributed by atoms with E-state index in [4.69, 9.17) is 9.47 Å². The number of ether oxygens (including phenoxy) is 2. The molecule has 0 aliphatic rings. The van der Waals surface area contributed by atoms with Gasteiger partial charge in [-0.1, -0.05) is 12.1 Å². The minimum atomic E-state index is -2.43. The molecule has 0 aromatic heterocycles. The Morgan fingerprint density at radius 2 is 1.79 bits per heavy atom. The average molecular weight is 200 g/mol. The molecule has 0 saturated heterocycles. The van der Waals surface area contributed by atoms with Gasteiger partial charge in [0.25, 0.3) is 0 Å². The molecule has 0 saturated carbocycles. The molecule has 0 unspecified atom stereocenters. The van der Waals surface area contributed by atoms with Crippen LogP contribution in [-0.4, -0.2) is 27.6 Å². The van der Waals surface area contributed by atoms with E-state index >= 15 is 0 Å². The Bertz CT molecular complexity index is 264. The van der Waals surface area contributed by atoms with Gasteiger partial charge in [-0.3, -0.25) is 8.63 Å². The maximum absolute atomic E-state index is 12.1. The van der Waals surface area contributed by atoms with Crippen molar-refractivity contribution >= 4 is 12.7 Å². The zero-order chi connectivity index (χ0) is 10.4. The molecular weight excluding hydrogens is 189 g/mol. The molecular formula is C9H11BF2O2. The summed E-state index contributed by atoms with van der Waals surface area (Å²) in [5.74, 6) is 0.575. The van der Waals surface area contributed by atoms with Gasteiger partial charge in [0.05, 0.1) is 6.61 Å². The number of rotatable bonds is 5. The molecule has 0 amide bonds. The molecule has 2 nitrogen and oxygen atoms in total. The van der Waals surface area contributed by atoms with Gasteiger partial charge in [-0.25, -0.2) is 0 Å². The van der Waals surface area contributed by atoms with Gasteiger partial charge in [-0.2, -0.15) is 0 Å². The Labute approximate surface area is 82.0 Å². The zero-order valence-electron chi connectivity index (χ0n) is 7.87. The maximum Gasteiger partial charge on any atom is 0.571 e. The summed E-state index contributed by atoms with van der Waals surface area (Å²) in [7, 11) is -0.855. The van der Waals surface area contributed by atoms with E-state index in [0.717, 1.165) is 0 Å². The summed E-state index contributed by atoms with van der Waals surface area (Å²) in [6, 6.07) is 5.76. The van der Waals surface area contributed by atoms with E-state index in [-0.39, 0.29) is 5.46 Å². The van der Waals surface area contributed by atoms with Gasteiger partial charge < -0.3 is 9.47 Å². The first-order valence-electron chi connectivity index (χ1n) is 4.24. The third-order valence-electron chi connectivity index (χ3n) is 1.69. The average Bonchev–Trinajstić information content (AvgIpc) is 2.19. The summed E-state index contributed by atoms with van der Waals surface area (Å²) in [6.45, 7) is 0.904. The van der Waals surface area contributed by atoms with E-state index in [2.05, 4.69) is 0 Å². The van der Waals surface area contributed by atoms with Crippen molar-refractivity contribution in [3.05, 3.63) is 24.3 Å². The van der Waals surface area contributed by atoms with E-state index in [1.165, 1.54) is 24.3 Å². The number of benzene rings is 1. The van der Waals surface area contributed by atoms with Crippen molar-refractivity contribution in [2.75, 3.05) is 20.3 Å². The fourth-order valence-electron chi connectivity index (χ4n) is 0.952. The predicted molar refractivity (Wildman–Crippen MR) is 51.4 cm³/mol. The SMILES string of the molecule is COCCOc1ccc(B(F)F)cc1. The molecule has 1 aromatic rings. The predicted octanol–water partition coefficient (Wildman–Crippen LogP) is 1.35. The van der Waals surface area contributed by atoms with Gasteiger partial charge >= 0.3 is 7.27 Å². The molecule has 0 atom stereocenters. The van der Waals surface area contributed by atoms with Crippen LogP contribution in [0.2, 0.25) is 0 Å². The third kappa shape index (κ3) is 3.34. The molecule has 0 aliphatic heterocycles. The van der Waals surface area contributed by atoms with E-state index in [0.29, 0.717) is 19.0 Å². The maximum atomic E-state index is 12.1. The molecule has 0 fully saturated rings. The van der Waals surface area contributed by atoms with Crippen molar-refractivity contribution in [2.45, 2.75) is 0 Å². The van der Waals surface area contributed by atoms with Crippen molar-refractivity contribution in [3.8, 4) is 5.75 Å². The van der Waals surface area contributed by atoms with Crippen LogP contribution in [0.25, 0.3) is 0 Å². The van der Waals surface area contributed by atoms with Crippen LogP contribution in [0.3, 0.4) is 0 Å². The Kier molecular flexibility index (Phi) is 4.39. The molecule has 0 N–H and O–H groups in total. The molecule has 5 heteroatoms. The largest absolute Gasteiger partial charge is 0.571 e. The summed E-state index contributed by atoms with van der Waals surface area (Å²) >= 11 is 0. The quantitative estimate of drug-likeness (QED) is 0.527. The van der Waals surface area contributed by atoms with Crippen molar-refractivity contribution in [3.63, 3.8) is 0 Å². The fourth-order valence-corrected chi connectivity index (χ4v) is 0.952. The highest BCUT2D eigenvalue weighted by Crippen LogP contribution is 2.07. The number of hydrogen-bond donors (Lipinski definition) is 0. The summed E-state index contributed by atoms with van der Waals surface area (Å²) < 4.78 is 34.3. The number of hydrogen-bond acceptors (Lipinski definition) is 2. The van der Waals surface area contributed by atoms with Gasteiger partial charge in [-0.15, -0.1) is 0 Å². The van der Waals surface area contributed by atoms with Crippen LogP contribution in [0.4, 0.5) is 8.63 Å². The smallest absolute Gasteiger partial charge is 0.491 e. The lowest BCUT2D eigenvalue weighted by molar-refractivity contribution is 0.146. The standard InChI is InChI=1S/C9H11BF2O2/c1-13-6-7-14-9-4-2-8(3-5-9)10(11)12/h2-5H,6-7H2,1H3. The number of methoxy groups -OCH3 is 1. The molecule has 0 radical (unpaired) electrons. The lowest BCUT2D eigenvalue weighted by atomic mass is 9.86. The van der Waals surface area contributed by atoms with Gasteiger partial charge in [0, 0.05) is 7.11 Å². The summed E-state index contributed by atoms with van der Waals surface area (Å²) in [4.78, 5) is 0. The molecule has 0 heterocycles. The first-order valence-corrected chi connectivity index (χ1v) is 4.24. The second kappa shape index (κ2) is 5.60. The minimum absolute atomic E-state index is 0.00379. The summed E-state index contributed by atoms with van der Waals surface area (Å²) in [6.07, 6.45) is 0. The number of halogens is 2. The zero-order valence-corrected chi connectivity index (χ0v) is 7.87. The highest BCUT2D eigenvalue weighted by molar-refractivity contribution is 6.59. The lowest BCUT2D eigenvalue weighted by Crippen LogP contribution is -2.19. The highest BCUT2D eigenvalue weighted by atomic mass is 19.2. The van der Waals surface area contributed by atoms with Crippen LogP contribution < -0.4 is 10.2 Å².